The SMILES string of the molecule is COC(=O)Nc1ccc(-c2nnc(C3(O)CCc4cc(-c5cc(Cl)ccc5-n5cnnn5)cnc43)o2)cc1. The monoisotopic (exact) mass is 530 g/mol. The van der Waals surface area contributed by atoms with Gasteiger partial charge in [0.25, 0.3) is 5.89 Å². The molecule has 38 heavy (non-hydrogen) atoms. The summed E-state index contributed by atoms with van der Waals surface area (Å²) in [5.74, 6) is 0.286. The minimum absolute atomic E-state index is 0.0559. The second kappa shape index (κ2) is 9.32. The number of carbonyl (C=O) groups excluding carboxylic acids is 1. The Kier molecular flexibility index (Phi) is 5.81. The molecule has 1 unspecified atom stereocenters. The topological polar surface area (TPSA) is 154 Å². The highest BCUT2D eigenvalue weighted by Crippen LogP contribution is 2.42. The molecule has 0 bridgehead atoms. The minimum atomic E-state index is -1.53. The van der Waals surface area contributed by atoms with Crippen molar-refractivity contribution in [2.75, 3.05) is 12.4 Å². The summed E-state index contributed by atoms with van der Waals surface area (Å²) in [7, 11) is 1.29. The van der Waals surface area contributed by atoms with Crippen LogP contribution in [0.5, 0.6) is 0 Å². The fourth-order valence-corrected chi connectivity index (χ4v) is 4.62. The number of nitrogens with zero attached hydrogens (tertiary/aromatic N) is 7. The Labute approximate surface area is 220 Å². The molecule has 0 spiro atoms. The third-order valence-corrected chi connectivity index (χ3v) is 6.56. The number of aliphatic hydroxyl groups is 1. The predicted molar refractivity (Wildman–Crippen MR) is 134 cm³/mol. The predicted octanol–water partition coefficient (Wildman–Crippen LogP) is 3.79. The van der Waals surface area contributed by atoms with E-state index in [1.165, 1.54) is 13.4 Å². The van der Waals surface area contributed by atoms with Gasteiger partial charge in [0.15, 0.2) is 5.60 Å². The largest absolute Gasteiger partial charge is 0.453 e. The van der Waals surface area contributed by atoms with Crippen molar-refractivity contribution >= 4 is 23.4 Å². The molecule has 1 aliphatic carbocycles. The van der Waals surface area contributed by atoms with Gasteiger partial charge >= 0.3 is 6.09 Å². The highest BCUT2D eigenvalue weighted by Gasteiger charge is 2.45. The number of aryl methyl sites for hydroxylation is 1. The smallest absolute Gasteiger partial charge is 0.411 e. The lowest BCUT2D eigenvalue weighted by Crippen LogP contribution is -2.25. The summed E-state index contributed by atoms with van der Waals surface area (Å²) in [6.45, 7) is 0. The van der Waals surface area contributed by atoms with Crippen LogP contribution in [0.1, 0.15) is 23.6 Å². The van der Waals surface area contributed by atoms with Crippen molar-refractivity contribution in [1.82, 2.24) is 35.4 Å². The Balaban J connectivity index is 1.30. The zero-order chi connectivity index (χ0) is 26.3. The van der Waals surface area contributed by atoms with E-state index in [9.17, 15) is 9.90 Å². The molecule has 13 heteroatoms. The molecular weight excluding hydrogens is 512 g/mol. The molecule has 1 aliphatic rings. The Morgan fingerprint density at radius 2 is 2.00 bits per heavy atom. The van der Waals surface area contributed by atoms with Crippen LogP contribution in [0, 0.1) is 0 Å². The number of rotatable bonds is 5. The average Bonchev–Trinajstić information content (AvgIpc) is 3.70. The second-order valence-electron chi connectivity index (χ2n) is 8.61. The molecule has 0 saturated carbocycles. The molecule has 2 aromatic carbocycles. The van der Waals surface area contributed by atoms with Gasteiger partial charge < -0.3 is 14.3 Å². The van der Waals surface area contributed by atoms with Crippen molar-refractivity contribution < 1.29 is 19.1 Å². The number of hydrogen-bond donors (Lipinski definition) is 2. The van der Waals surface area contributed by atoms with Gasteiger partial charge in [0.2, 0.25) is 5.89 Å². The van der Waals surface area contributed by atoms with Crippen LogP contribution in [0.3, 0.4) is 0 Å². The fraction of sp³-hybridized carbons (Fsp3) is 0.160. The number of benzene rings is 2. The molecular formula is C25H19ClN8O4. The van der Waals surface area contributed by atoms with E-state index in [0.29, 0.717) is 34.8 Å². The first kappa shape index (κ1) is 23.7. The van der Waals surface area contributed by atoms with Crippen molar-refractivity contribution in [1.29, 1.82) is 0 Å². The van der Waals surface area contributed by atoms with Crippen molar-refractivity contribution in [3.63, 3.8) is 0 Å². The highest BCUT2D eigenvalue weighted by molar-refractivity contribution is 6.31. The van der Waals surface area contributed by atoms with E-state index in [1.54, 1.807) is 41.2 Å². The van der Waals surface area contributed by atoms with Crippen molar-refractivity contribution in [2.45, 2.75) is 18.4 Å². The molecule has 0 saturated heterocycles. The number of methoxy groups -OCH3 is 1. The number of ether oxygens (including phenoxy) is 1. The van der Waals surface area contributed by atoms with Crippen molar-refractivity contribution in [2.24, 2.45) is 0 Å². The number of tetrazole rings is 1. The van der Waals surface area contributed by atoms with Crippen LogP contribution in [0.15, 0.2) is 65.5 Å². The summed E-state index contributed by atoms with van der Waals surface area (Å²) in [5.41, 5.74) is 3.29. The van der Waals surface area contributed by atoms with E-state index < -0.39 is 11.7 Å². The molecule has 0 aliphatic heterocycles. The first-order chi connectivity index (χ1) is 18.4. The summed E-state index contributed by atoms with van der Waals surface area (Å²) in [4.78, 5) is 16.0. The van der Waals surface area contributed by atoms with Gasteiger partial charge in [-0.1, -0.05) is 11.6 Å². The zero-order valence-electron chi connectivity index (χ0n) is 19.9. The normalized spacial score (nSPS) is 16.3. The number of nitrogens with one attached hydrogen (secondary N) is 1. The maximum atomic E-state index is 11.6. The van der Waals surface area contributed by atoms with Crippen LogP contribution in [0.25, 0.3) is 28.3 Å². The number of amides is 1. The van der Waals surface area contributed by atoms with E-state index in [1.807, 2.05) is 18.2 Å². The molecule has 1 atom stereocenters. The lowest BCUT2D eigenvalue weighted by Gasteiger charge is -2.18. The number of halogens is 1. The van der Waals surface area contributed by atoms with Crippen LogP contribution in [-0.2, 0) is 16.8 Å². The summed E-state index contributed by atoms with van der Waals surface area (Å²) in [6.07, 6.45) is 3.48. The van der Waals surface area contributed by atoms with Crippen molar-refractivity contribution in [3.05, 3.63) is 83.2 Å². The first-order valence-corrected chi connectivity index (χ1v) is 11.9. The zero-order valence-corrected chi connectivity index (χ0v) is 20.6. The summed E-state index contributed by atoms with van der Waals surface area (Å²) in [6, 6.07) is 14.2. The Bertz CT molecular complexity index is 1640. The molecule has 5 aromatic rings. The third kappa shape index (κ3) is 4.15. The number of carbonyl (C=O) groups is 1. The summed E-state index contributed by atoms with van der Waals surface area (Å²) < 4.78 is 12.0. The summed E-state index contributed by atoms with van der Waals surface area (Å²) in [5, 5.41) is 34.4. The van der Waals surface area contributed by atoms with Gasteiger partial charge in [0.05, 0.1) is 18.5 Å². The lowest BCUT2D eigenvalue weighted by molar-refractivity contribution is 0.0496. The van der Waals surface area contributed by atoms with Crippen LogP contribution in [0.2, 0.25) is 5.02 Å². The molecule has 0 fully saturated rings. The maximum Gasteiger partial charge on any atom is 0.411 e. The maximum absolute atomic E-state index is 11.6. The van der Waals surface area contributed by atoms with Crippen LogP contribution in [-0.4, -0.2) is 53.7 Å². The first-order valence-electron chi connectivity index (χ1n) is 11.5. The van der Waals surface area contributed by atoms with E-state index in [2.05, 4.69) is 40.8 Å². The number of hydrogen-bond acceptors (Lipinski definition) is 10. The lowest BCUT2D eigenvalue weighted by atomic mass is 9.99. The van der Waals surface area contributed by atoms with Crippen LogP contribution < -0.4 is 5.32 Å². The van der Waals surface area contributed by atoms with Crippen molar-refractivity contribution in [3.8, 4) is 28.3 Å². The van der Waals surface area contributed by atoms with E-state index >= 15 is 0 Å². The van der Waals surface area contributed by atoms with Gasteiger partial charge in [-0.05, 0) is 77.4 Å². The van der Waals surface area contributed by atoms with E-state index in [0.717, 1.165) is 22.4 Å². The van der Waals surface area contributed by atoms with E-state index in [4.69, 9.17) is 16.0 Å². The van der Waals surface area contributed by atoms with E-state index in [-0.39, 0.29) is 11.8 Å². The van der Waals surface area contributed by atoms with Crippen LogP contribution >= 0.6 is 11.6 Å². The average molecular weight is 531 g/mol. The van der Waals surface area contributed by atoms with Gasteiger partial charge in [0, 0.05) is 33.6 Å². The Morgan fingerprint density at radius 3 is 2.76 bits per heavy atom. The number of pyridine rings is 1. The quantitative estimate of drug-likeness (QED) is 0.343. The standard InChI is InChI=1S/C25H19ClN8O4/c1-37-24(35)29-18-5-2-14(3-6-18)22-30-31-23(38-22)25(36)9-8-15-10-16(12-27-21(15)25)19-11-17(26)4-7-20(19)34-13-28-32-33-34/h2-7,10-13,36H,8-9H2,1H3,(H,29,35). The van der Waals surface area contributed by atoms with Gasteiger partial charge in [-0.2, -0.15) is 4.68 Å². The van der Waals surface area contributed by atoms with Gasteiger partial charge in [-0.25, -0.2) is 4.79 Å². The number of fused-ring (bicyclic) bond motifs is 1. The minimum Gasteiger partial charge on any atom is -0.453 e. The van der Waals surface area contributed by atoms with Gasteiger partial charge in [0.1, 0.15) is 6.33 Å². The second-order valence-corrected chi connectivity index (χ2v) is 9.05. The molecule has 3 aromatic heterocycles. The van der Waals surface area contributed by atoms with Gasteiger partial charge in [-0.15, -0.1) is 15.3 Å². The fourth-order valence-electron chi connectivity index (χ4n) is 4.45. The molecule has 0 radical (unpaired) electrons. The third-order valence-electron chi connectivity index (χ3n) is 6.32. The Hall–Kier alpha value is -4.68. The molecule has 2 N–H and O–H groups in total. The molecule has 190 valence electrons. The molecule has 12 nitrogen and oxygen atoms in total. The highest BCUT2D eigenvalue weighted by atomic mass is 35.5. The van der Waals surface area contributed by atoms with Gasteiger partial charge in [-0.3, -0.25) is 10.3 Å². The summed E-state index contributed by atoms with van der Waals surface area (Å²) >= 11 is 6.29. The Morgan fingerprint density at radius 1 is 1.16 bits per heavy atom. The molecule has 1 amide bonds. The van der Waals surface area contributed by atoms with Crippen LogP contribution in [0.4, 0.5) is 10.5 Å². The number of aromatic nitrogens is 7. The molecule has 6 rings (SSSR count). The molecule has 3 heterocycles. The number of anilines is 1.